The second-order valence-corrected chi connectivity index (χ2v) is 8.87. The van der Waals surface area contributed by atoms with Gasteiger partial charge in [-0.2, -0.15) is 8.42 Å². The Labute approximate surface area is 140 Å². The third-order valence-corrected chi connectivity index (χ3v) is 6.87. The number of aryl methyl sites for hydroxylation is 1. The van der Waals surface area contributed by atoms with Crippen LogP contribution in [0.3, 0.4) is 0 Å². The molecule has 1 N–H and O–H groups in total. The minimum Gasteiger partial charge on any atom is -0.282 e. The summed E-state index contributed by atoms with van der Waals surface area (Å²) in [4.78, 5) is 0.0473. The van der Waals surface area contributed by atoms with E-state index in [0.29, 0.717) is 11.8 Å². The van der Waals surface area contributed by atoms with E-state index in [9.17, 15) is 13.0 Å². The molecule has 2 saturated carbocycles. The largest absolute Gasteiger partial charge is 0.294 e. The molecule has 2 fully saturated rings. The lowest BCUT2D eigenvalue weighted by atomic mass is 9.65. The van der Waals surface area contributed by atoms with E-state index < -0.39 is 10.1 Å². The molecule has 3 nitrogen and oxygen atoms in total. The third kappa shape index (κ3) is 3.80. The van der Waals surface area contributed by atoms with E-state index in [1.807, 2.05) is 6.07 Å². The van der Waals surface area contributed by atoms with Crippen LogP contribution in [0.5, 0.6) is 0 Å². The third-order valence-electron chi connectivity index (χ3n) is 6.02. The average Bonchev–Trinajstić information content (AvgIpc) is 2.55. The molecule has 0 aliphatic heterocycles. The van der Waals surface area contributed by atoms with E-state index in [2.05, 4.69) is 6.92 Å². The molecule has 3 rings (SSSR count). The van der Waals surface area contributed by atoms with Crippen LogP contribution in [0, 0.1) is 18.8 Å². The summed E-state index contributed by atoms with van der Waals surface area (Å²) >= 11 is 0. The van der Waals surface area contributed by atoms with Gasteiger partial charge in [0.05, 0.1) is 4.90 Å². The molecular formula is C19H28O3S. The normalized spacial score (nSPS) is 27.0. The van der Waals surface area contributed by atoms with Crippen LogP contribution in [0.1, 0.15) is 74.8 Å². The van der Waals surface area contributed by atoms with Crippen LogP contribution in [0.2, 0.25) is 0 Å². The fourth-order valence-electron chi connectivity index (χ4n) is 4.85. The van der Waals surface area contributed by atoms with Gasteiger partial charge in [0.25, 0.3) is 10.1 Å². The predicted molar refractivity (Wildman–Crippen MR) is 92.3 cm³/mol. The van der Waals surface area contributed by atoms with Crippen molar-refractivity contribution in [3.63, 3.8) is 0 Å². The number of hydrogen-bond donors (Lipinski definition) is 1. The van der Waals surface area contributed by atoms with Crippen molar-refractivity contribution in [2.45, 2.75) is 75.5 Å². The zero-order chi connectivity index (χ0) is 16.4. The molecule has 23 heavy (non-hydrogen) atoms. The molecule has 0 bridgehead atoms. The average molecular weight is 336 g/mol. The summed E-state index contributed by atoms with van der Waals surface area (Å²) in [6.07, 6.45) is 11.7. The maximum Gasteiger partial charge on any atom is 0.294 e. The lowest BCUT2D eigenvalue weighted by molar-refractivity contribution is 0.169. The van der Waals surface area contributed by atoms with Crippen molar-refractivity contribution in [3.05, 3.63) is 29.3 Å². The standard InChI is InChI=1S/C19H28O3S/c1-14-11-12-16(23(20,21)22)13-19(14)18-10-6-5-9-17(18)15-7-3-2-4-8-15/h11-13,15,17-18H,2-10H2,1H3,(H,20,21,22). The Balaban J connectivity index is 1.93. The maximum absolute atomic E-state index is 11.5. The van der Waals surface area contributed by atoms with E-state index in [1.54, 1.807) is 6.07 Å². The fourth-order valence-corrected chi connectivity index (χ4v) is 5.37. The zero-order valence-corrected chi connectivity index (χ0v) is 14.8. The summed E-state index contributed by atoms with van der Waals surface area (Å²) in [6, 6.07) is 5.11. The van der Waals surface area contributed by atoms with E-state index in [-0.39, 0.29) is 4.90 Å². The van der Waals surface area contributed by atoms with Crippen molar-refractivity contribution in [3.8, 4) is 0 Å². The Morgan fingerprint density at radius 2 is 1.61 bits per heavy atom. The van der Waals surface area contributed by atoms with Gasteiger partial charge in [0.15, 0.2) is 0 Å². The second kappa shape index (κ2) is 6.94. The first-order valence-electron chi connectivity index (χ1n) is 9.05. The Bertz CT molecular complexity index is 645. The summed E-state index contributed by atoms with van der Waals surface area (Å²) in [5.41, 5.74) is 2.31. The predicted octanol–water partition coefficient (Wildman–Crippen LogP) is 5.10. The van der Waals surface area contributed by atoms with Gasteiger partial charge < -0.3 is 0 Å². The lowest BCUT2D eigenvalue weighted by Crippen LogP contribution is -2.27. The van der Waals surface area contributed by atoms with Crippen molar-refractivity contribution in [1.82, 2.24) is 0 Å². The van der Waals surface area contributed by atoms with Crippen molar-refractivity contribution < 1.29 is 13.0 Å². The van der Waals surface area contributed by atoms with Crippen molar-refractivity contribution in [1.29, 1.82) is 0 Å². The van der Waals surface area contributed by atoms with E-state index in [0.717, 1.165) is 23.5 Å². The van der Waals surface area contributed by atoms with Crippen molar-refractivity contribution >= 4 is 10.1 Å². The minimum atomic E-state index is -4.12. The van der Waals surface area contributed by atoms with Gasteiger partial charge in [0.2, 0.25) is 0 Å². The number of rotatable bonds is 3. The lowest BCUT2D eigenvalue weighted by Gasteiger charge is -2.40. The highest BCUT2D eigenvalue weighted by atomic mass is 32.2. The monoisotopic (exact) mass is 336 g/mol. The quantitative estimate of drug-likeness (QED) is 0.782. The summed E-state index contributed by atoms with van der Waals surface area (Å²) in [5.74, 6) is 1.93. The first-order valence-corrected chi connectivity index (χ1v) is 10.5. The molecule has 128 valence electrons. The van der Waals surface area contributed by atoms with Gasteiger partial charge in [0, 0.05) is 0 Å². The molecular weight excluding hydrogens is 308 g/mol. The van der Waals surface area contributed by atoms with Crippen LogP contribution in [0.15, 0.2) is 23.1 Å². The molecule has 2 atom stereocenters. The Hall–Kier alpha value is -0.870. The second-order valence-electron chi connectivity index (χ2n) is 7.45. The van der Waals surface area contributed by atoms with Gasteiger partial charge >= 0.3 is 0 Å². The van der Waals surface area contributed by atoms with Crippen LogP contribution in [-0.2, 0) is 10.1 Å². The van der Waals surface area contributed by atoms with Gasteiger partial charge in [0.1, 0.15) is 0 Å². The zero-order valence-electron chi connectivity index (χ0n) is 14.0. The smallest absolute Gasteiger partial charge is 0.282 e. The molecule has 4 heteroatoms. The van der Waals surface area contributed by atoms with Gasteiger partial charge in [-0.05, 0) is 60.8 Å². The first kappa shape index (κ1) is 17.0. The number of hydrogen-bond acceptors (Lipinski definition) is 2. The molecule has 2 unspecified atom stereocenters. The first-order chi connectivity index (χ1) is 11.0. The highest BCUT2D eigenvalue weighted by Gasteiger charge is 2.34. The topological polar surface area (TPSA) is 54.4 Å². The maximum atomic E-state index is 11.5. The molecule has 0 amide bonds. The van der Waals surface area contributed by atoms with Crippen LogP contribution in [-0.4, -0.2) is 13.0 Å². The molecule has 0 spiro atoms. The van der Waals surface area contributed by atoms with E-state index in [4.69, 9.17) is 0 Å². The molecule has 2 aliphatic carbocycles. The summed E-state index contributed by atoms with van der Waals surface area (Å²) in [6.45, 7) is 2.07. The molecule has 1 aromatic rings. The molecule has 0 aromatic heterocycles. The van der Waals surface area contributed by atoms with Crippen LogP contribution in [0.25, 0.3) is 0 Å². The summed E-state index contributed by atoms with van der Waals surface area (Å²) < 4.78 is 32.4. The highest BCUT2D eigenvalue weighted by molar-refractivity contribution is 7.85. The Kier molecular flexibility index (Phi) is 5.12. The molecule has 0 radical (unpaired) electrons. The molecule has 1 aromatic carbocycles. The summed E-state index contributed by atoms with van der Waals surface area (Å²) in [7, 11) is -4.12. The molecule has 0 heterocycles. The van der Waals surface area contributed by atoms with Gasteiger partial charge in [-0.15, -0.1) is 0 Å². The van der Waals surface area contributed by atoms with E-state index in [1.165, 1.54) is 57.4 Å². The molecule has 2 aliphatic rings. The molecule has 0 saturated heterocycles. The Morgan fingerprint density at radius 3 is 2.30 bits per heavy atom. The van der Waals surface area contributed by atoms with Crippen molar-refractivity contribution in [2.75, 3.05) is 0 Å². The minimum absolute atomic E-state index is 0.0473. The van der Waals surface area contributed by atoms with Crippen LogP contribution in [0.4, 0.5) is 0 Å². The van der Waals surface area contributed by atoms with Gasteiger partial charge in [-0.25, -0.2) is 0 Å². The highest BCUT2D eigenvalue weighted by Crippen LogP contribution is 2.47. The van der Waals surface area contributed by atoms with Crippen LogP contribution < -0.4 is 0 Å². The Morgan fingerprint density at radius 1 is 0.957 bits per heavy atom. The number of benzene rings is 1. The van der Waals surface area contributed by atoms with Crippen LogP contribution >= 0.6 is 0 Å². The van der Waals surface area contributed by atoms with Gasteiger partial charge in [-0.3, -0.25) is 4.55 Å². The van der Waals surface area contributed by atoms with Gasteiger partial charge in [-0.1, -0.05) is 51.0 Å². The van der Waals surface area contributed by atoms with E-state index >= 15 is 0 Å². The fraction of sp³-hybridized carbons (Fsp3) is 0.684. The van der Waals surface area contributed by atoms with Crippen molar-refractivity contribution in [2.24, 2.45) is 11.8 Å². The summed E-state index contributed by atoms with van der Waals surface area (Å²) in [5, 5.41) is 0. The SMILES string of the molecule is Cc1ccc(S(=O)(=O)O)cc1C1CCCCC1C1CCCCC1.